The monoisotopic (exact) mass is 368 g/mol. The van der Waals surface area contributed by atoms with Crippen molar-refractivity contribution in [2.75, 3.05) is 19.5 Å². The lowest BCUT2D eigenvalue weighted by Gasteiger charge is -2.26. The van der Waals surface area contributed by atoms with Gasteiger partial charge in [0.1, 0.15) is 5.75 Å². The highest BCUT2D eigenvalue weighted by Crippen LogP contribution is 2.24. The van der Waals surface area contributed by atoms with E-state index in [1.165, 1.54) is 0 Å². The van der Waals surface area contributed by atoms with Crippen LogP contribution in [0, 0.1) is 5.41 Å². The molecule has 27 heavy (non-hydrogen) atoms. The number of nitrogens with zero attached hydrogens (tertiary/aromatic N) is 1. The summed E-state index contributed by atoms with van der Waals surface area (Å²) in [5.74, 6) is 0.583. The summed E-state index contributed by atoms with van der Waals surface area (Å²) in [6.45, 7) is 7.52. The maximum atomic E-state index is 12.9. The number of nitrogens with one attached hydrogen (secondary N) is 1. The van der Waals surface area contributed by atoms with Gasteiger partial charge in [-0.15, -0.1) is 0 Å². The molecule has 5 nitrogen and oxygen atoms in total. The molecule has 0 aromatic heterocycles. The van der Waals surface area contributed by atoms with Crippen molar-refractivity contribution in [1.82, 2.24) is 4.90 Å². The van der Waals surface area contributed by atoms with E-state index in [0.717, 1.165) is 11.3 Å². The fraction of sp³-hybridized carbons (Fsp3) is 0.364. The summed E-state index contributed by atoms with van der Waals surface area (Å²) >= 11 is 0. The Kier molecular flexibility index (Phi) is 6.26. The van der Waals surface area contributed by atoms with Crippen molar-refractivity contribution >= 4 is 17.5 Å². The van der Waals surface area contributed by atoms with Crippen LogP contribution in [-0.4, -0.2) is 30.9 Å². The van der Waals surface area contributed by atoms with E-state index in [2.05, 4.69) is 5.32 Å². The maximum Gasteiger partial charge on any atom is 0.254 e. The third-order valence-electron chi connectivity index (χ3n) is 4.55. The number of amides is 2. The lowest BCUT2D eigenvalue weighted by atomic mass is 9.95. The Balaban J connectivity index is 2.16. The summed E-state index contributed by atoms with van der Waals surface area (Å²) < 4.78 is 5.18. The Morgan fingerprint density at radius 2 is 1.70 bits per heavy atom. The lowest BCUT2D eigenvalue weighted by molar-refractivity contribution is -0.123. The predicted octanol–water partition coefficient (Wildman–Crippen LogP) is 4.51. The molecule has 144 valence electrons. The molecule has 0 spiro atoms. The molecule has 0 radical (unpaired) electrons. The zero-order chi connectivity index (χ0) is 20.2. The van der Waals surface area contributed by atoms with Crippen molar-refractivity contribution in [3.63, 3.8) is 0 Å². The van der Waals surface area contributed by atoms with Gasteiger partial charge in [-0.2, -0.15) is 0 Å². The normalized spacial score (nSPS) is 12.2. The summed E-state index contributed by atoms with van der Waals surface area (Å²) in [6, 6.07) is 14.6. The Labute approximate surface area is 161 Å². The summed E-state index contributed by atoms with van der Waals surface area (Å²) in [5, 5.41) is 2.87. The van der Waals surface area contributed by atoms with E-state index in [-0.39, 0.29) is 17.9 Å². The van der Waals surface area contributed by atoms with Crippen molar-refractivity contribution in [2.45, 2.75) is 33.7 Å². The SMILES string of the molecule is COc1ccc(C(C)N(C)C(=O)c2cccc(NC(=O)C(C)(C)C)c2)cc1. The molecule has 1 N–H and O–H groups in total. The number of carbonyl (C=O) groups is 2. The zero-order valence-electron chi connectivity index (χ0n) is 16.9. The van der Waals surface area contributed by atoms with E-state index in [1.807, 2.05) is 52.0 Å². The number of hydrogen-bond donors (Lipinski definition) is 1. The Hall–Kier alpha value is -2.82. The van der Waals surface area contributed by atoms with Crippen molar-refractivity contribution in [3.05, 3.63) is 59.7 Å². The number of methoxy groups -OCH3 is 1. The molecule has 0 aliphatic carbocycles. The minimum atomic E-state index is -0.500. The van der Waals surface area contributed by atoms with E-state index in [9.17, 15) is 9.59 Å². The number of anilines is 1. The van der Waals surface area contributed by atoms with E-state index >= 15 is 0 Å². The third-order valence-corrected chi connectivity index (χ3v) is 4.55. The largest absolute Gasteiger partial charge is 0.497 e. The van der Waals surface area contributed by atoms with Gasteiger partial charge in [0, 0.05) is 23.7 Å². The van der Waals surface area contributed by atoms with Crippen LogP contribution in [0.25, 0.3) is 0 Å². The van der Waals surface area contributed by atoms with Gasteiger partial charge in [-0.25, -0.2) is 0 Å². The van der Waals surface area contributed by atoms with Crippen LogP contribution < -0.4 is 10.1 Å². The van der Waals surface area contributed by atoms with Crippen molar-refractivity contribution in [2.24, 2.45) is 5.41 Å². The minimum absolute atomic E-state index is 0.0907. The van der Waals surface area contributed by atoms with Gasteiger partial charge in [-0.1, -0.05) is 39.0 Å². The third kappa shape index (κ3) is 5.09. The standard InChI is InChI=1S/C22H28N2O3/c1-15(16-10-12-19(27-6)13-11-16)24(5)20(25)17-8-7-9-18(14-17)23-21(26)22(2,3)4/h7-15H,1-6H3,(H,23,26). The molecule has 0 fully saturated rings. The van der Waals surface area contributed by atoms with Crippen molar-refractivity contribution in [3.8, 4) is 5.75 Å². The fourth-order valence-corrected chi connectivity index (χ4v) is 2.53. The quantitative estimate of drug-likeness (QED) is 0.844. The molecule has 2 aromatic carbocycles. The second-order valence-electron chi connectivity index (χ2n) is 7.65. The van der Waals surface area contributed by atoms with Crippen LogP contribution >= 0.6 is 0 Å². The van der Waals surface area contributed by atoms with Crippen LogP contribution in [0.15, 0.2) is 48.5 Å². The molecule has 0 bridgehead atoms. The number of hydrogen-bond acceptors (Lipinski definition) is 3. The average Bonchev–Trinajstić information content (AvgIpc) is 2.65. The molecule has 0 heterocycles. The highest BCUT2D eigenvalue weighted by atomic mass is 16.5. The first-order chi connectivity index (χ1) is 12.6. The van der Waals surface area contributed by atoms with Crippen LogP contribution in [0.4, 0.5) is 5.69 Å². The first-order valence-corrected chi connectivity index (χ1v) is 8.96. The smallest absolute Gasteiger partial charge is 0.254 e. The molecule has 0 saturated heterocycles. The summed E-state index contributed by atoms with van der Waals surface area (Å²) in [5.41, 5.74) is 1.67. The second kappa shape index (κ2) is 8.25. The van der Waals surface area contributed by atoms with Gasteiger partial charge in [0.15, 0.2) is 0 Å². The fourth-order valence-electron chi connectivity index (χ4n) is 2.53. The van der Waals surface area contributed by atoms with Crippen LogP contribution in [0.1, 0.15) is 49.7 Å². The first kappa shape index (κ1) is 20.5. The summed E-state index contributed by atoms with van der Waals surface area (Å²) in [4.78, 5) is 26.8. The van der Waals surface area contributed by atoms with Gasteiger partial charge >= 0.3 is 0 Å². The van der Waals surface area contributed by atoms with E-state index < -0.39 is 5.41 Å². The molecule has 5 heteroatoms. The molecule has 2 aromatic rings. The summed E-state index contributed by atoms with van der Waals surface area (Å²) in [7, 11) is 3.40. The molecule has 0 aliphatic heterocycles. The number of rotatable bonds is 5. The Morgan fingerprint density at radius 1 is 1.07 bits per heavy atom. The average molecular weight is 368 g/mol. The van der Waals surface area contributed by atoms with Crippen LogP contribution in [0.5, 0.6) is 5.75 Å². The highest BCUT2D eigenvalue weighted by molar-refractivity contribution is 5.98. The molecule has 0 saturated carbocycles. The topological polar surface area (TPSA) is 58.6 Å². The van der Waals surface area contributed by atoms with Crippen molar-refractivity contribution < 1.29 is 14.3 Å². The molecule has 2 rings (SSSR count). The van der Waals surface area contributed by atoms with Gasteiger partial charge in [0.25, 0.3) is 5.91 Å². The Bertz CT molecular complexity index is 807. The maximum absolute atomic E-state index is 12.9. The van der Waals surface area contributed by atoms with Crippen LogP contribution in [0.2, 0.25) is 0 Å². The lowest BCUT2D eigenvalue weighted by Crippen LogP contribution is -2.30. The predicted molar refractivity (Wildman–Crippen MR) is 108 cm³/mol. The zero-order valence-corrected chi connectivity index (χ0v) is 16.9. The second-order valence-corrected chi connectivity index (χ2v) is 7.65. The van der Waals surface area contributed by atoms with E-state index in [1.54, 1.807) is 43.3 Å². The minimum Gasteiger partial charge on any atom is -0.497 e. The van der Waals surface area contributed by atoms with Crippen molar-refractivity contribution in [1.29, 1.82) is 0 Å². The van der Waals surface area contributed by atoms with E-state index in [4.69, 9.17) is 4.74 Å². The molecule has 1 unspecified atom stereocenters. The van der Waals surface area contributed by atoms with Gasteiger partial charge in [0.05, 0.1) is 13.2 Å². The molecule has 1 atom stereocenters. The summed E-state index contributed by atoms with van der Waals surface area (Å²) in [6.07, 6.45) is 0. The van der Waals surface area contributed by atoms with Gasteiger partial charge in [0.2, 0.25) is 5.91 Å². The number of carbonyl (C=O) groups excluding carboxylic acids is 2. The van der Waals surface area contributed by atoms with Gasteiger partial charge in [-0.3, -0.25) is 9.59 Å². The van der Waals surface area contributed by atoms with Gasteiger partial charge < -0.3 is 15.0 Å². The molecule has 0 aliphatic rings. The molecule has 2 amide bonds. The van der Waals surface area contributed by atoms with Gasteiger partial charge in [-0.05, 0) is 42.8 Å². The molecular weight excluding hydrogens is 340 g/mol. The Morgan fingerprint density at radius 3 is 2.26 bits per heavy atom. The first-order valence-electron chi connectivity index (χ1n) is 8.96. The number of benzene rings is 2. The van der Waals surface area contributed by atoms with Crippen LogP contribution in [-0.2, 0) is 4.79 Å². The van der Waals surface area contributed by atoms with Crippen LogP contribution in [0.3, 0.4) is 0 Å². The highest BCUT2D eigenvalue weighted by Gasteiger charge is 2.22. The molecular formula is C22H28N2O3. The van der Waals surface area contributed by atoms with E-state index in [0.29, 0.717) is 11.3 Å². The number of ether oxygens (including phenoxy) is 1.